The van der Waals surface area contributed by atoms with Gasteiger partial charge < -0.3 is 19.5 Å². The van der Waals surface area contributed by atoms with Gasteiger partial charge in [-0.15, -0.1) is 0 Å². The highest BCUT2D eigenvalue weighted by atomic mass is 19.1. The molecular formula is C32H30FNO5. The fourth-order valence-corrected chi connectivity index (χ4v) is 5.33. The lowest BCUT2D eigenvalue weighted by Crippen LogP contribution is -2.36. The van der Waals surface area contributed by atoms with Crippen molar-refractivity contribution < 1.29 is 28.2 Å². The molecule has 3 aromatic carbocycles. The van der Waals surface area contributed by atoms with Crippen molar-refractivity contribution in [3.8, 4) is 11.5 Å². The fourth-order valence-electron chi connectivity index (χ4n) is 5.33. The molecule has 0 spiro atoms. The van der Waals surface area contributed by atoms with Crippen molar-refractivity contribution in [3.05, 3.63) is 118 Å². The number of rotatable bonds is 8. The van der Waals surface area contributed by atoms with E-state index in [1.807, 2.05) is 54.6 Å². The predicted octanol–water partition coefficient (Wildman–Crippen LogP) is 5.82. The summed E-state index contributed by atoms with van der Waals surface area (Å²) in [5.74, 6) is -0.419. The van der Waals surface area contributed by atoms with Crippen LogP contribution in [0.15, 0.2) is 101 Å². The summed E-state index contributed by atoms with van der Waals surface area (Å²) in [5, 5.41) is 3.32. The van der Waals surface area contributed by atoms with Crippen molar-refractivity contribution in [3.63, 3.8) is 0 Å². The fraction of sp³-hybridized carbons (Fsp3) is 0.250. The summed E-state index contributed by atoms with van der Waals surface area (Å²) in [7, 11) is 1.61. The standard InChI is InChI=1S/C32H30FNO5/c1-20-29(32(36)39-16-15-38-26-9-4-3-5-10-26)30(22-7-6-8-24(33)17-22)31-27(34-20)18-23(19-28(31)35)21-11-13-25(37-2)14-12-21/h3-14,17,23,30,34H,15-16,18-19H2,1-2H3/t23-,30-/m0/s1. The lowest BCUT2D eigenvalue weighted by Gasteiger charge is -2.36. The van der Waals surface area contributed by atoms with Crippen molar-refractivity contribution in [2.45, 2.75) is 31.6 Å². The second-order valence-electron chi connectivity index (χ2n) is 9.64. The number of ketones is 1. The average molecular weight is 528 g/mol. The number of dihydropyridines is 1. The number of benzene rings is 3. The molecule has 5 rings (SSSR count). The molecule has 1 aliphatic heterocycles. The number of para-hydroxylation sites is 1. The second kappa shape index (κ2) is 11.6. The Kier molecular flexibility index (Phi) is 7.77. The number of esters is 1. The molecule has 0 unspecified atom stereocenters. The Balaban J connectivity index is 1.41. The van der Waals surface area contributed by atoms with Gasteiger partial charge in [0.25, 0.3) is 0 Å². The van der Waals surface area contributed by atoms with E-state index in [1.54, 1.807) is 26.2 Å². The lowest BCUT2D eigenvalue weighted by atomic mass is 9.71. The van der Waals surface area contributed by atoms with Crippen LogP contribution in [-0.4, -0.2) is 32.1 Å². The number of ether oxygens (including phenoxy) is 3. The van der Waals surface area contributed by atoms with Gasteiger partial charge in [-0.2, -0.15) is 0 Å². The Morgan fingerprint density at radius 3 is 2.41 bits per heavy atom. The van der Waals surface area contributed by atoms with Crippen LogP contribution in [0.5, 0.6) is 11.5 Å². The Hall–Kier alpha value is -4.39. The molecule has 1 N–H and O–H groups in total. The zero-order valence-electron chi connectivity index (χ0n) is 21.9. The van der Waals surface area contributed by atoms with Crippen LogP contribution >= 0.6 is 0 Å². The zero-order valence-corrected chi connectivity index (χ0v) is 21.9. The third kappa shape index (κ3) is 5.72. The maximum Gasteiger partial charge on any atom is 0.336 e. The van der Waals surface area contributed by atoms with E-state index in [0.717, 1.165) is 17.0 Å². The molecule has 0 radical (unpaired) electrons. The minimum atomic E-state index is -0.733. The van der Waals surface area contributed by atoms with Crippen LogP contribution in [0.3, 0.4) is 0 Å². The Labute approximate surface area is 227 Å². The van der Waals surface area contributed by atoms with Crippen LogP contribution in [0.2, 0.25) is 0 Å². The zero-order chi connectivity index (χ0) is 27.4. The third-order valence-electron chi connectivity index (χ3n) is 7.15. The molecule has 2 aliphatic rings. The smallest absolute Gasteiger partial charge is 0.336 e. The van der Waals surface area contributed by atoms with Crippen LogP contribution in [0, 0.1) is 5.82 Å². The molecule has 0 amide bonds. The molecular weight excluding hydrogens is 497 g/mol. The van der Waals surface area contributed by atoms with E-state index in [0.29, 0.717) is 34.6 Å². The monoisotopic (exact) mass is 527 g/mol. The molecule has 0 saturated carbocycles. The van der Waals surface area contributed by atoms with Crippen LogP contribution in [0.4, 0.5) is 4.39 Å². The predicted molar refractivity (Wildman–Crippen MR) is 145 cm³/mol. The molecule has 0 saturated heterocycles. The number of hydrogen-bond acceptors (Lipinski definition) is 6. The van der Waals surface area contributed by atoms with Crippen molar-refractivity contribution in [1.82, 2.24) is 5.32 Å². The van der Waals surface area contributed by atoms with E-state index in [-0.39, 0.29) is 31.3 Å². The Morgan fingerprint density at radius 2 is 1.69 bits per heavy atom. The highest BCUT2D eigenvalue weighted by molar-refractivity contribution is 6.04. The van der Waals surface area contributed by atoms with Gasteiger partial charge in [0.05, 0.1) is 12.7 Å². The van der Waals surface area contributed by atoms with Gasteiger partial charge >= 0.3 is 5.97 Å². The molecule has 0 aromatic heterocycles. The SMILES string of the molecule is COc1ccc([C@@H]2CC(=O)C3=C(C2)NC(C)=C(C(=O)OCCOc2ccccc2)[C@@H]3c2cccc(F)c2)cc1. The average Bonchev–Trinajstić information content (AvgIpc) is 2.95. The first-order valence-electron chi connectivity index (χ1n) is 12.9. The molecule has 3 aromatic rings. The quantitative estimate of drug-likeness (QED) is 0.294. The van der Waals surface area contributed by atoms with Crippen molar-refractivity contribution in [1.29, 1.82) is 0 Å². The summed E-state index contributed by atoms with van der Waals surface area (Å²) >= 11 is 0. The van der Waals surface area contributed by atoms with E-state index < -0.39 is 17.7 Å². The summed E-state index contributed by atoms with van der Waals surface area (Å²) in [6.07, 6.45) is 0.870. The number of nitrogens with one attached hydrogen (secondary N) is 1. The van der Waals surface area contributed by atoms with Crippen molar-refractivity contribution in [2.24, 2.45) is 0 Å². The van der Waals surface area contributed by atoms with Gasteiger partial charge in [-0.3, -0.25) is 4.79 Å². The molecule has 7 heteroatoms. The molecule has 1 heterocycles. The molecule has 1 aliphatic carbocycles. The topological polar surface area (TPSA) is 73.9 Å². The van der Waals surface area contributed by atoms with Gasteiger partial charge in [-0.1, -0.05) is 42.5 Å². The first-order chi connectivity index (χ1) is 18.9. The van der Waals surface area contributed by atoms with E-state index in [2.05, 4.69) is 5.32 Å². The third-order valence-corrected chi connectivity index (χ3v) is 7.15. The minimum absolute atomic E-state index is 0.0276. The number of carbonyl (C=O) groups excluding carboxylic acids is 2. The Bertz CT molecular complexity index is 1430. The van der Waals surface area contributed by atoms with Gasteiger partial charge in [0.2, 0.25) is 0 Å². The van der Waals surface area contributed by atoms with E-state index in [1.165, 1.54) is 12.1 Å². The second-order valence-corrected chi connectivity index (χ2v) is 9.64. The van der Waals surface area contributed by atoms with Gasteiger partial charge in [0, 0.05) is 29.3 Å². The maximum atomic E-state index is 14.3. The Morgan fingerprint density at radius 1 is 0.923 bits per heavy atom. The molecule has 0 fully saturated rings. The highest BCUT2D eigenvalue weighted by Gasteiger charge is 2.41. The van der Waals surface area contributed by atoms with Crippen molar-refractivity contribution >= 4 is 11.8 Å². The maximum absolute atomic E-state index is 14.3. The van der Waals surface area contributed by atoms with Crippen LogP contribution in [0.1, 0.15) is 42.7 Å². The number of halogens is 1. The number of methoxy groups -OCH3 is 1. The van der Waals surface area contributed by atoms with Gasteiger partial charge in [-0.05, 0) is 66.8 Å². The first-order valence-corrected chi connectivity index (χ1v) is 12.9. The summed E-state index contributed by atoms with van der Waals surface area (Å²) in [6, 6.07) is 23.0. The summed E-state index contributed by atoms with van der Waals surface area (Å²) in [6.45, 7) is 1.99. The van der Waals surface area contributed by atoms with Gasteiger partial charge in [0.1, 0.15) is 30.5 Å². The number of Topliss-reactive ketones (excluding diaryl/α,β-unsaturated/α-hetero) is 1. The number of allylic oxidation sites excluding steroid dienone is 3. The first kappa shape index (κ1) is 26.2. The van der Waals surface area contributed by atoms with Gasteiger partial charge in [0.15, 0.2) is 5.78 Å². The minimum Gasteiger partial charge on any atom is -0.497 e. The van der Waals surface area contributed by atoms with Crippen LogP contribution in [0.25, 0.3) is 0 Å². The highest BCUT2D eigenvalue weighted by Crippen LogP contribution is 2.45. The molecule has 2 atom stereocenters. The van der Waals surface area contributed by atoms with Crippen LogP contribution in [-0.2, 0) is 14.3 Å². The summed E-state index contributed by atoms with van der Waals surface area (Å²) in [5.41, 5.74) is 3.69. The molecule has 0 bridgehead atoms. The van der Waals surface area contributed by atoms with Crippen LogP contribution < -0.4 is 14.8 Å². The number of hydrogen-bond donors (Lipinski definition) is 1. The summed E-state index contributed by atoms with van der Waals surface area (Å²) in [4.78, 5) is 27.1. The molecule has 200 valence electrons. The van der Waals surface area contributed by atoms with E-state index in [9.17, 15) is 14.0 Å². The molecule has 39 heavy (non-hydrogen) atoms. The molecule has 6 nitrogen and oxygen atoms in total. The van der Waals surface area contributed by atoms with Crippen molar-refractivity contribution in [2.75, 3.05) is 20.3 Å². The summed E-state index contributed by atoms with van der Waals surface area (Å²) < 4.78 is 30.8. The van der Waals surface area contributed by atoms with E-state index in [4.69, 9.17) is 14.2 Å². The largest absolute Gasteiger partial charge is 0.497 e. The van der Waals surface area contributed by atoms with Gasteiger partial charge in [-0.25, -0.2) is 9.18 Å². The van der Waals surface area contributed by atoms with E-state index >= 15 is 0 Å². The normalized spacial score (nSPS) is 18.8. The number of carbonyl (C=O) groups is 2. The lowest BCUT2D eigenvalue weighted by molar-refractivity contribution is -0.140.